The van der Waals surface area contributed by atoms with Gasteiger partial charge in [0.25, 0.3) is 0 Å². The third-order valence-electron chi connectivity index (χ3n) is 5.72. The van der Waals surface area contributed by atoms with E-state index < -0.39 is 18.3 Å². The second kappa shape index (κ2) is 10.8. The van der Waals surface area contributed by atoms with Crippen LogP contribution < -0.4 is 19.5 Å². The van der Waals surface area contributed by atoms with Crippen molar-refractivity contribution in [3.8, 4) is 17.2 Å². The molecular formula is C24H28F2N2O5. The lowest BCUT2D eigenvalue weighted by Gasteiger charge is -2.29. The minimum atomic E-state index is -1.03. The number of aliphatic hydroxyl groups is 1. The Morgan fingerprint density at radius 2 is 1.94 bits per heavy atom. The second-order valence-corrected chi connectivity index (χ2v) is 8.22. The Bertz CT molecular complexity index is 943. The molecule has 0 aliphatic carbocycles. The quantitative estimate of drug-likeness (QED) is 0.597. The van der Waals surface area contributed by atoms with Gasteiger partial charge < -0.3 is 24.6 Å². The number of alkyl halides is 1. The van der Waals surface area contributed by atoms with E-state index in [0.29, 0.717) is 55.5 Å². The first-order chi connectivity index (χ1) is 16.0. The van der Waals surface area contributed by atoms with Crippen LogP contribution in [-0.4, -0.2) is 67.6 Å². The fourth-order valence-corrected chi connectivity index (χ4v) is 4.00. The molecule has 1 fully saturated rings. The molecule has 3 atom stereocenters. The van der Waals surface area contributed by atoms with Gasteiger partial charge in [-0.15, -0.1) is 0 Å². The smallest absolute Gasteiger partial charge is 0.223 e. The van der Waals surface area contributed by atoms with Crippen molar-refractivity contribution in [2.75, 3.05) is 39.5 Å². The van der Waals surface area contributed by atoms with E-state index in [1.807, 2.05) is 4.90 Å². The third kappa shape index (κ3) is 6.33. The molecule has 7 nitrogen and oxygen atoms in total. The lowest BCUT2D eigenvalue weighted by molar-refractivity contribution is -0.123. The highest BCUT2D eigenvalue weighted by Crippen LogP contribution is 2.33. The van der Waals surface area contributed by atoms with Crippen molar-refractivity contribution >= 4 is 5.91 Å². The van der Waals surface area contributed by atoms with E-state index in [1.165, 1.54) is 24.3 Å². The van der Waals surface area contributed by atoms with E-state index in [9.17, 15) is 18.7 Å². The van der Waals surface area contributed by atoms with Gasteiger partial charge in [-0.2, -0.15) is 0 Å². The maximum Gasteiger partial charge on any atom is 0.223 e. The molecule has 2 aliphatic heterocycles. The molecule has 2 heterocycles. The van der Waals surface area contributed by atoms with Crippen LogP contribution in [0.3, 0.4) is 0 Å². The number of aliphatic hydroxyl groups excluding tert-OH is 1. The minimum absolute atomic E-state index is 0.0491. The Morgan fingerprint density at radius 1 is 1.18 bits per heavy atom. The van der Waals surface area contributed by atoms with Crippen LogP contribution >= 0.6 is 0 Å². The zero-order valence-electron chi connectivity index (χ0n) is 18.2. The van der Waals surface area contributed by atoms with Crippen LogP contribution in [0.4, 0.5) is 8.78 Å². The molecule has 1 saturated heterocycles. The predicted molar refractivity (Wildman–Crippen MR) is 117 cm³/mol. The number of nitrogens with one attached hydrogen (secondary N) is 1. The van der Waals surface area contributed by atoms with Gasteiger partial charge >= 0.3 is 0 Å². The largest absolute Gasteiger partial charge is 0.493 e. The minimum Gasteiger partial charge on any atom is -0.493 e. The summed E-state index contributed by atoms with van der Waals surface area (Å²) in [5, 5.41) is 14.0. The Balaban J connectivity index is 1.39. The van der Waals surface area contributed by atoms with Crippen LogP contribution in [0.25, 0.3) is 0 Å². The number of carbonyl (C=O) groups is 1. The standard InChI is InChI=1S/C24H28F2N2O5/c25-17-2-4-19(5-3-17)31-10-8-23(29)27-20(15-28-9-7-18(26)14-28)24(30)16-1-6-21-22(13-16)33-12-11-32-21/h1-6,13,18,20,24,30H,7-12,14-15H2,(H,27,29)/t18-,20-,24+/m1/s1. The molecular weight excluding hydrogens is 434 g/mol. The van der Waals surface area contributed by atoms with Gasteiger partial charge in [-0.3, -0.25) is 9.69 Å². The molecule has 0 aromatic heterocycles. The van der Waals surface area contributed by atoms with E-state index in [1.54, 1.807) is 18.2 Å². The van der Waals surface area contributed by atoms with E-state index in [0.717, 1.165) is 0 Å². The topological polar surface area (TPSA) is 80.3 Å². The summed E-state index contributed by atoms with van der Waals surface area (Å²) in [6.45, 7) is 2.13. The van der Waals surface area contributed by atoms with Crippen molar-refractivity contribution in [2.45, 2.75) is 31.2 Å². The number of nitrogens with zero attached hydrogens (tertiary/aromatic N) is 1. The van der Waals surface area contributed by atoms with Crippen LogP contribution in [0.2, 0.25) is 0 Å². The van der Waals surface area contributed by atoms with Crippen molar-refractivity contribution in [2.24, 2.45) is 0 Å². The molecule has 2 aromatic rings. The van der Waals surface area contributed by atoms with Crippen LogP contribution in [-0.2, 0) is 4.79 Å². The number of amides is 1. The van der Waals surface area contributed by atoms with Gasteiger partial charge in [-0.1, -0.05) is 6.07 Å². The van der Waals surface area contributed by atoms with Gasteiger partial charge in [0.15, 0.2) is 11.5 Å². The summed E-state index contributed by atoms with van der Waals surface area (Å²) in [7, 11) is 0. The SMILES string of the molecule is O=C(CCOc1ccc(F)cc1)N[C@H](CN1CC[C@@H](F)C1)[C@@H](O)c1ccc2c(c1)OCCO2. The molecule has 9 heteroatoms. The number of hydrogen-bond acceptors (Lipinski definition) is 6. The molecule has 2 aliphatic rings. The maximum absolute atomic E-state index is 13.7. The average molecular weight is 462 g/mol. The Hall–Kier alpha value is -2.91. The van der Waals surface area contributed by atoms with Crippen molar-refractivity contribution in [1.29, 1.82) is 0 Å². The van der Waals surface area contributed by atoms with Gasteiger partial charge in [-0.05, 0) is 48.4 Å². The van der Waals surface area contributed by atoms with Crippen molar-refractivity contribution in [3.05, 3.63) is 53.8 Å². The first-order valence-electron chi connectivity index (χ1n) is 11.1. The van der Waals surface area contributed by atoms with Gasteiger partial charge in [0.05, 0.1) is 19.1 Å². The lowest BCUT2D eigenvalue weighted by Crippen LogP contribution is -2.47. The number of ether oxygens (including phenoxy) is 3. The predicted octanol–water partition coefficient (Wildman–Crippen LogP) is 2.63. The van der Waals surface area contributed by atoms with Gasteiger partial charge in [0.1, 0.15) is 37.1 Å². The third-order valence-corrected chi connectivity index (χ3v) is 5.72. The van der Waals surface area contributed by atoms with Crippen LogP contribution in [0, 0.1) is 5.82 Å². The van der Waals surface area contributed by atoms with Gasteiger partial charge in [0.2, 0.25) is 5.91 Å². The van der Waals surface area contributed by atoms with Crippen molar-refractivity contribution in [3.63, 3.8) is 0 Å². The number of hydrogen-bond donors (Lipinski definition) is 2. The molecule has 0 bridgehead atoms. The molecule has 0 spiro atoms. The fraction of sp³-hybridized carbons (Fsp3) is 0.458. The zero-order chi connectivity index (χ0) is 23.2. The Morgan fingerprint density at radius 3 is 2.67 bits per heavy atom. The van der Waals surface area contributed by atoms with Gasteiger partial charge in [-0.25, -0.2) is 8.78 Å². The highest BCUT2D eigenvalue weighted by Gasteiger charge is 2.30. The lowest BCUT2D eigenvalue weighted by atomic mass is 10.0. The number of carbonyl (C=O) groups excluding carboxylic acids is 1. The highest BCUT2D eigenvalue weighted by atomic mass is 19.1. The molecule has 1 amide bonds. The first-order valence-corrected chi connectivity index (χ1v) is 11.1. The van der Waals surface area contributed by atoms with Crippen LogP contribution in [0.15, 0.2) is 42.5 Å². The van der Waals surface area contributed by atoms with Crippen LogP contribution in [0.5, 0.6) is 17.2 Å². The number of benzene rings is 2. The summed E-state index contributed by atoms with van der Waals surface area (Å²) in [6.07, 6.45) is -1.45. The number of likely N-dealkylation sites (tertiary alicyclic amines) is 1. The van der Waals surface area contributed by atoms with Crippen LogP contribution in [0.1, 0.15) is 24.5 Å². The normalized spacial score (nSPS) is 19.7. The molecule has 0 saturated carbocycles. The molecule has 4 rings (SSSR count). The summed E-state index contributed by atoms with van der Waals surface area (Å²) in [5.74, 6) is 0.933. The number of fused-ring (bicyclic) bond motifs is 1. The fourth-order valence-electron chi connectivity index (χ4n) is 4.00. The number of rotatable bonds is 9. The average Bonchev–Trinajstić information content (AvgIpc) is 3.23. The monoisotopic (exact) mass is 462 g/mol. The Labute approximate surface area is 191 Å². The summed E-state index contributed by atoms with van der Waals surface area (Å²) in [6, 6.07) is 10.1. The molecule has 0 unspecified atom stereocenters. The molecule has 178 valence electrons. The summed E-state index contributed by atoms with van der Waals surface area (Å²) in [5.41, 5.74) is 0.572. The maximum atomic E-state index is 13.7. The highest BCUT2D eigenvalue weighted by molar-refractivity contribution is 5.76. The van der Waals surface area contributed by atoms with E-state index in [2.05, 4.69) is 5.32 Å². The van der Waals surface area contributed by atoms with Crippen molar-refractivity contribution < 1.29 is 32.9 Å². The molecule has 2 aromatic carbocycles. The molecule has 2 N–H and O–H groups in total. The van der Waals surface area contributed by atoms with Crippen molar-refractivity contribution in [1.82, 2.24) is 10.2 Å². The second-order valence-electron chi connectivity index (χ2n) is 8.22. The molecule has 0 radical (unpaired) electrons. The van der Waals surface area contributed by atoms with E-state index >= 15 is 0 Å². The summed E-state index contributed by atoms with van der Waals surface area (Å²) >= 11 is 0. The Kier molecular flexibility index (Phi) is 7.61. The molecule has 33 heavy (non-hydrogen) atoms. The van der Waals surface area contributed by atoms with E-state index in [-0.39, 0.29) is 31.3 Å². The van der Waals surface area contributed by atoms with Gasteiger partial charge in [0, 0.05) is 19.6 Å². The first kappa shape index (κ1) is 23.3. The summed E-state index contributed by atoms with van der Waals surface area (Å²) in [4.78, 5) is 14.5. The number of halogens is 2. The van der Waals surface area contributed by atoms with E-state index in [4.69, 9.17) is 14.2 Å². The zero-order valence-corrected chi connectivity index (χ0v) is 18.2. The summed E-state index contributed by atoms with van der Waals surface area (Å²) < 4.78 is 43.3.